The van der Waals surface area contributed by atoms with E-state index in [0.29, 0.717) is 48.5 Å². The molecule has 6 heteroatoms. The van der Waals surface area contributed by atoms with Crippen molar-refractivity contribution in [3.05, 3.63) is 93.7 Å². The van der Waals surface area contributed by atoms with Gasteiger partial charge >= 0.3 is 0 Å². The van der Waals surface area contributed by atoms with Gasteiger partial charge in [-0.3, -0.25) is 9.69 Å². The van der Waals surface area contributed by atoms with Crippen molar-refractivity contribution >= 4 is 23.5 Å². The molecule has 0 saturated heterocycles. The molecule has 32 heavy (non-hydrogen) atoms. The van der Waals surface area contributed by atoms with E-state index in [0.717, 1.165) is 28.2 Å². The molecule has 0 spiro atoms. The van der Waals surface area contributed by atoms with Crippen LogP contribution in [-0.2, 0) is 13.1 Å². The van der Waals surface area contributed by atoms with Crippen LogP contribution in [0.2, 0.25) is 5.02 Å². The molecule has 0 aliphatic carbocycles. The Balaban J connectivity index is 1.37. The van der Waals surface area contributed by atoms with Crippen LogP contribution in [0.4, 0.5) is 0 Å². The number of carbonyl (C=O) groups excluding carboxylic acids is 1. The Kier molecular flexibility index (Phi) is 5.60. The highest BCUT2D eigenvalue weighted by atomic mass is 35.5. The molecule has 5 rings (SSSR count). The van der Waals surface area contributed by atoms with E-state index in [9.17, 15) is 4.79 Å². The number of ketones is 1. The number of benzene rings is 3. The number of hydrogen-bond donors (Lipinski definition) is 0. The SMILES string of the molecule is CCOc1ccc(/C=C2\Oc3c(ccc4c3CN(Cc3ccc(Cl)cc3)CO4)C2=O)cc1. The van der Waals surface area contributed by atoms with E-state index in [-0.39, 0.29) is 5.78 Å². The fourth-order valence-electron chi connectivity index (χ4n) is 3.93. The molecule has 2 aliphatic rings. The first kappa shape index (κ1) is 20.6. The number of Topliss-reactive ketones (excluding diaryl/α,β-unsaturated/α-hetero) is 1. The van der Waals surface area contributed by atoms with Gasteiger partial charge in [0, 0.05) is 18.1 Å². The number of hydrogen-bond acceptors (Lipinski definition) is 5. The van der Waals surface area contributed by atoms with Gasteiger partial charge in [-0.15, -0.1) is 0 Å². The normalized spacial score (nSPS) is 16.3. The predicted octanol–water partition coefficient (Wildman–Crippen LogP) is 5.71. The van der Waals surface area contributed by atoms with Crippen LogP contribution in [-0.4, -0.2) is 24.0 Å². The number of fused-ring (bicyclic) bond motifs is 3. The molecule has 3 aromatic rings. The molecule has 0 amide bonds. The Morgan fingerprint density at radius 3 is 2.59 bits per heavy atom. The maximum Gasteiger partial charge on any atom is 0.231 e. The Hall–Kier alpha value is -3.28. The average molecular weight is 448 g/mol. The predicted molar refractivity (Wildman–Crippen MR) is 123 cm³/mol. The third-order valence-electron chi connectivity index (χ3n) is 5.49. The van der Waals surface area contributed by atoms with Crippen molar-refractivity contribution in [2.75, 3.05) is 13.3 Å². The van der Waals surface area contributed by atoms with Gasteiger partial charge in [0.2, 0.25) is 5.78 Å². The summed E-state index contributed by atoms with van der Waals surface area (Å²) in [4.78, 5) is 15.1. The summed E-state index contributed by atoms with van der Waals surface area (Å²) >= 11 is 5.99. The summed E-state index contributed by atoms with van der Waals surface area (Å²) in [7, 11) is 0. The molecule has 0 aromatic heterocycles. The number of allylic oxidation sites excluding steroid dienone is 1. The largest absolute Gasteiger partial charge is 0.494 e. The summed E-state index contributed by atoms with van der Waals surface area (Å²) in [5.41, 5.74) is 3.48. The fraction of sp³-hybridized carbons (Fsp3) is 0.192. The molecule has 0 bridgehead atoms. The molecule has 0 N–H and O–H groups in total. The Morgan fingerprint density at radius 1 is 1.06 bits per heavy atom. The lowest BCUT2D eigenvalue weighted by Crippen LogP contribution is -2.31. The number of carbonyl (C=O) groups is 1. The lowest BCUT2D eigenvalue weighted by Gasteiger charge is -2.29. The van der Waals surface area contributed by atoms with E-state index < -0.39 is 0 Å². The van der Waals surface area contributed by atoms with E-state index in [1.165, 1.54) is 0 Å². The zero-order valence-corrected chi connectivity index (χ0v) is 18.4. The van der Waals surface area contributed by atoms with Gasteiger partial charge < -0.3 is 14.2 Å². The molecule has 0 radical (unpaired) electrons. The van der Waals surface area contributed by atoms with Crippen LogP contribution in [0.5, 0.6) is 17.2 Å². The van der Waals surface area contributed by atoms with Crippen molar-refractivity contribution < 1.29 is 19.0 Å². The lowest BCUT2D eigenvalue weighted by atomic mass is 10.0. The number of rotatable bonds is 5. The van der Waals surface area contributed by atoms with Crippen LogP contribution in [0, 0.1) is 0 Å². The summed E-state index contributed by atoms with van der Waals surface area (Å²) < 4.78 is 17.5. The van der Waals surface area contributed by atoms with Crippen molar-refractivity contribution in [1.29, 1.82) is 0 Å². The standard InChI is InChI=1S/C26H22ClNO4/c1-2-30-20-9-5-17(6-10-20)13-24-25(29)21-11-12-23-22(26(21)32-24)15-28(16-31-23)14-18-3-7-19(27)8-4-18/h3-13H,2,14-16H2,1H3/b24-13-. The first-order valence-electron chi connectivity index (χ1n) is 10.5. The Bertz CT molecular complexity index is 1190. The molecule has 0 saturated carbocycles. The van der Waals surface area contributed by atoms with Crippen LogP contribution < -0.4 is 14.2 Å². The second-order valence-electron chi connectivity index (χ2n) is 7.75. The van der Waals surface area contributed by atoms with Crippen molar-refractivity contribution in [2.45, 2.75) is 20.0 Å². The maximum absolute atomic E-state index is 13.0. The Morgan fingerprint density at radius 2 is 1.84 bits per heavy atom. The summed E-state index contributed by atoms with van der Waals surface area (Å²) in [6, 6.07) is 19.0. The average Bonchev–Trinajstić information content (AvgIpc) is 3.12. The lowest BCUT2D eigenvalue weighted by molar-refractivity contribution is 0.0873. The van der Waals surface area contributed by atoms with Gasteiger partial charge in [0.1, 0.15) is 24.0 Å². The van der Waals surface area contributed by atoms with E-state index in [1.54, 1.807) is 12.1 Å². The number of halogens is 1. The quantitative estimate of drug-likeness (QED) is 0.469. The summed E-state index contributed by atoms with van der Waals surface area (Å²) in [5.74, 6) is 2.33. The summed E-state index contributed by atoms with van der Waals surface area (Å²) in [6.45, 7) is 4.36. The minimum atomic E-state index is -0.119. The molecule has 0 atom stereocenters. The van der Waals surface area contributed by atoms with E-state index >= 15 is 0 Å². The minimum Gasteiger partial charge on any atom is -0.494 e. The number of ether oxygens (including phenoxy) is 3. The first-order chi connectivity index (χ1) is 15.6. The van der Waals surface area contributed by atoms with Crippen LogP contribution in [0.15, 0.2) is 66.4 Å². The molecule has 162 valence electrons. The third-order valence-corrected chi connectivity index (χ3v) is 5.74. The smallest absolute Gasteiger partial charge is 0.231 e. The molecule has 2 aliphatic heterocycles. The summed E-state index contributed by atoms with van der Waals surface area (Å²) in [6.07, 6.45) is 1.76. The van der Waals surface area contributed by atoms with Crippen molar-refractivity contribution in [3.8, 4) is 17.2 Å². The highest BCUT2D eigenvalue weighted by molar-refractivity contribution is 6.30. The van der Waals surface area contributed by atoms with Gasteiger partial charge in [-0.1, -0.05) is 35.9 Å². The first-order valence-corrected chi connectivity index (χ1v) is 10.9. The molecule has 5 nitrogen and oxygen atoms in total. The Labute approximate surface area is 191 Å². The van der Waals surface area contributed by atoms with Crippen LogP contribution in [0.1, 0.15) is 34.0 Å². The van der Waals surface area contributed by atoms with Gasteiger partial charge in [0.05, 0.1) is 17.7 Å². The maximum atomic E-state index is 13.0. The monoisotopic (exact) mass is 447 g/mol. The zero-order valence-electron chi connectivity index (χ0n) is 17.6. The molecule has 0 unspecified atom stereocenters. The van der Waals surface area contributed by atoms with Crippen LogP contribution in [0.25, 0.3) is 6.08 Å². The van der Waals surface area contributed by atoms with Crippen LogP contribution in [0.3, 0.4) is 0 Å². The van der Waals surface area contributed by atoms with Gasteiger partial charge in [0.15, 0.2) is 5.76 Å². The molecule has 3 aromatic carbocycles. The highest BCUT2D eigenvalue weighted by Gasteiger charge is 2.33. The van der Waals surface area contributed by atoms with E-state index in [2.05, 4.69) is 4.90 Å². The van der Waals surface area contributed by atoms with Crippen LogP contribution >= 0.6 is 11.6 Å². The van der Waals surface area contributed by atoms with Crippen molar-refractivity contribution in [2.24, 2.45) is 0 Å². The van der Waals surface area contributed by atoms with Gasteiger partial charge in [-0.05, 0) is 60.5 Å². The zero-order chi connectivity index (χ0) is 22.1. The fourth-order valence-corrected chi connectivity index (χ4v) is 4.06. The molecular formula is C26H22ClNO4. The van der Waals surface area contributed by atoms with Gasteiger partial charge in [0.25, 0.3) is 0 Å². The van der Waals surface area contributed by atoms with Gasteiger partial charge in [-0.2, -0.15) is 0 Å². The van der Waals surface area contributed by atoms with E-state index in [1.807, 2.05) is 61.5 Å². The summed E-state index contributed by atoms with van der Waals surface area (Å²) in [5, 5.41) is 0.713. The minimum absolute atomic E-state index is 0.119. The second-order valence-corrected chi connectivity index (χ2v) is 8.18. The molecular weight excluding hydrogens is 426 g/mol. The highest BCUT2D eigenvalue weighted by Crippen LogP contribution is 2.42. The molecule has 2 heterocycles. The van der Waals surface area contributed by atoms with Gasteiger partial charge in [-0.25, -0.2) is 0 Å². The van der Waals surface area contributed by atoms with Crippen molar-refractivity contribution in [1.82, 2.24) is 4.90 Å². The third kappa shape index (κ3) is 4.09. The number of nitrogens with zero attached hydrogens (tertiary/aromatic N) is 1. The second kappa shape index (κ2) is 8.69. The topological polar surface area (TPSA) is 48.0 Å². The van der Waals surface area contributed by atoms with Crippen molar-refractivity contribution in [3.63, 3.8) is 0 Å². The van der Waals surface area contributed by atoms with E-state index in [4.69, 9.17) is 25.8 Å². The molecule has 0 fully saturated rings.